The van der Waals surface area contributed by atoms with Gasteiger partial charge in [0, 0.05) is 16.7 Å². The largest absolute Gasteiger partial charge is 0.496 e. The maximum Gasteiger partial charge on any atom is 0.134 e. The SMILES string of the molecule is COc1c(C(C)(C)F)ccc(C)c1-c1cn[nH]c1N. The predicted octanol–water partition coefficient (Wildman–Crippen LogP) is 3.18. The van der Waals surface area contributed by atoms with Crippen molar-refractivity contribution in [1.29, 1.82) is 0 Å². The fourth-order valence-corrected chi connectivity index (χ4v) is 2.19. The minimum absolute atomic E-state index is 0.440. The van der Waals surface area contributed by atoms with Crippen LogP contribution in [0.2, 0.25) is 0 Å². The highest BCUT2D eigenvalue weighted by molar-refractivity contribution is 5.82. The molecule has 3 N–H and O–H groups in total. The predicted molar refractivity (Wildman–Crippen MR) is 73.9 cm³/mol. The summed E-state index contributed by atoms with van der Waals surface area (Å²) in [5, 5.41) is 6.59. The van der Waals surface area contributed by atoms with Gasteiger partial charge in [0.15, 0.2) is 0 Å². The van der Waals surface area contributed by atoms with Crippen molar-refractivity contribution < 1.29 is 9.13 Å². The lowest BCUT2D eigenvalue weighted by molar-refractivity contribution is 0.213. The Morgan fingerprint density at radius 1 is 1.37 bits per heavy atom. The number of aryl methyl sites for hydroxylation is 1. The van der Waals surface area contributed by atoms with E-state index in [2.05, 4.69) is 10.2 Å². The molecule has 0 bridgehead atoms. The van der Waals surface area contributed by atoms with Crippen LogP contribution in [0.25, 0.3) is 11.1 Å². The van der Waals surface area contributed by atoms with Gasteiger partial charge in [-0.3, -0.25) is 5.10 Å². The van der Waals surface area contributed by atoms with Crippen molar-refractivity contribution in [2.75, 3.05) is 12.8 Å². The molecule has 0 radical (unpaired) electrons. The lowest BCUT2D eigenvalue weighted by Gasteiger charge is -2.22. The van der Waals surface area contributed by atoms with Gasteiger partial charge < -0.3 is 10.5 Å². The van der Waals surface area contributed by atoms with E-state index in [4.69, 9.17) is 10.5 Å². The van der Waals surface area contributed by atoms with Crippen LogP contribution in [0.4, 0.5) is 10.2 Å². The number of hydrogen-bond acceptors (Lipinski definition) is 3. The second-order valence-corrected chi connectivity index (χ2v) is 5.01. The van der Waals surface area contributed by atoms with Gasteiger partial charge in [-0.25, -0.2) is 4.39 Å². The van der Waals surface area contributed by atoms with Crippen LogP contribution in [0.3, 0.4) is 0 Å². The molecule has 1 heterocycles. The first-order valence-electron chi connectivity index (χ1n) is 6.02. The second-order valence-electron chi connectivity index (χ2n) is 5.01. The molecule has 4 nitrogen and oxygen atoms in total. The number of H-pyrrole nitrogens is 1. The van der Waals surface area contributed by atoms with E-state index in [0.29, 0.717) is 17.1 Å². The summed E-state index contributed by atoms with van der Waals surface area (Å²) in [6, 6.07) is 3.61. The van der Waals surface area contributed by atoms with Crippen molar-refractivity contribution in [2.24, 2.45) is 0 Å². The fourth-order valence-electron chi connectivity index (χ4n) is 2.19. The molecule has 1 aromatic heterocycles. The van der Waals surface area contributed by atoms with Crippen LogP contribution in [0.15, 0.2) is 18.3 Å². The molecule has 19 heavy (non-hydrogen) atoms. The van der Waals surface area contributed by atoms with Gasteiger partial charge in [0.1, 0.15) is 17.2 Å². The van der Waals surface area contributed by atoms with Gasteiger partial charge >= 0.3 is 0 Å². The van der Waals surface area contributed by atoms with E-state index in [0.717, 1.165) is 16.7 Å². The number of aromatic amines is 1. The first-order valence-corrected chi connectivity index (χ1v) is 6.02. The first-order chi connectivity index (χ1) is 8.86. The van der Waals surface area contributed by atoms with E-state index in [9.17, 15) is 4.39 Å². The molecule has 1 aromatic carbocycles. The summed E-state index contributed by atoms with van der Waals surface area (Å²) in [5.74, 6) is 0.941. The molecule has 2 rings (SSSR count). The maximum absolute atomic E-state index is 14.3. The molecule has 0 spiro atoms. The van der Waals surface area contributed by atoms with Gasteiger partial charge in [0.05, 0.1) is 13.3 Å². The summed E-state index contributed by atoms with van der Waals surface area (Å²) in [7, 11) is 1.53. The van der Waals surface area contributed by atoms with Gasteiger partial charge in [0.25, 0.3) is 0 Å². The Morgan fingerprint density at radius 2 is 2.05 bits per heavy atom. The Kier molecular flexibility index (Phi) is 3.22. The lowest BCUT2D eigenvalue weighted by Crippen LogP contribution is -2.12. The Balaban J connectivity index is 2.77. The number of benzene rings is 1. The van der Waals surface area contributed by atoms with E-state index < -0.39 is 5.67 Å². The standard InChI is InChI=1S/C14H18FN3O/c1-8-5-6-10(14(2,3)15)12(19-4)11(8)9-7-17-18-13(9)16/h5-7H,1-4H3,(H3,16,17,18). The highest BCUT2D eigenvalue weighted by Crippen LogP contribution is 2.42. The molecule has 0 fully saturated rings. The molecule has 0 amide bonds. The lowest BCUT2D eigenvalue weighted by atomic mass is 9.91. The molecular weight excluding hydrogens is 245 g/mol. The molecule has 0 unspecified atom stereocenters. The number of aromatic nitrogens is 2. The Bertz CT molecular complexity index is 599. The zero-order valence-electron chi connectivity index (χ0n) is 11.5. The van der Waals surface area contributed by atoms with Gasteiger partial charge in [-0.05, 0) is 26.3 Å². The Hall–Kier alpha value is -2.04. The molecule has 0 aliphatic heterocycles. The van der Waals surface area contributed by atoms with E-state index >= 15 is 0 Å². The third-order valence-electron chi connectivity index (χ3n) is 3.15. The molecule has 102 valence electrons. The summed E-state index contributed by atoms with van der Waals surface area (Å²) >= 11 is 0. The maximum atomic E-state index is 14.3. The highest BCUT2D eigenvalue weighted by atomic mass is 19.1. The van der Waals surface area contributed by atoms with Crippen molar-refractivity contribution in [1.82, 2.24) is 10.2 Å². The van der Waals surface area contributed by atoms with Crippen LogP contribution < -0.4 is 10.5 Å². The molecule has 0 saturated heterocycles. The average molecular weight is 263 g/mol. The van der Waals surface area contributed by atoms with Crippen LogP contribution in [-0.2, 0) is 5.67 Å². The number of nitrogens with two attached hydrogens (primary N) is 1. The normalized spacial score (nSPS) is 11.6. The fraction of sp³-hybridized carbons (Fsp3) is 0.357. The number of rotatable bonds is 3. The van der Waals surface area contributed by atoms with Gasteiger partial charge in [-0.1, -0.05) is 12.1 Å². The van der Waals surface area contributed by atoms with Crippen molar-refractivity contribution in [3.8, 4) is 16.9 Å². The van der Waals surface area contributed by atoms with E-state index in [1.54, 1.807) is 12.3 Å². The topological polar surface area (TPSA) is 63.9 Å². The molecular formula is C14H18FN3O. The molecule has 5 heteroatoms. The van der Waals surface area contributed by atoms with Crippen LogP contribution in [0.1, 0.15) is 25.0 Å². The number of methoxy groups -OCH3 is 1. The van der Waals surface area contributed by atoms with Crippen LogP contribution >= 0.6 is 0 Å². The third-order valence-corrected chi connectivity index (χ3v) is 3.15. The Labute approximate surface area is 111 Å². The number of alkyl halides is 1. The van der Waals surface area contributed by atoms with Gasteiger partial charge in [-0.15, -0.1) is 0 Å². The summed E-state index contributed by atoms with van der Waals surface area (Å²) < 4.78 is 19.7. The minimum atomic E-state index is -1.49. The zero-order valence-corrected chi connectivity index (χ0v) is 11.5. The average Bonchev–Trinajstić information content (AvgIpc) is 2.73. The molecule has 0 aliphatic carbocycles. The van der Waals surface area contributed by atoms with Crippen molar-refractivity contribution >= 4 is 5.82 Å². The first kappa shape index (κ1) is 13.4. The number of anilines is 1. The molecule has 0 aliphatic rings. The van der Waals surface area contributed by atoms with E-state index in [1.807, 2.05) is 13.0 Å². The zero-order chi connectivity index (χ0) is 14.2. The van der Waals surface area contributed by atoms with Gasteiger partial charge in [0.2, 0.25) is 0 Å². The van der Waals surface area contributed by atoms with E-state index in [1.165, 1.54) is 21.0 Å². The monoisotopic (exact) mass is 263 g/mol. The smallest absolute Gasteiger partial charge is 0.134 e. The van der Waals surface area contributed by atoms with Crippen molar-refractivity contribution in [2.45, 2.75) is 26.4 Å². The molecule has 0 saturated carbocycles. The summed E-state index contributed by atoms with van der Waals surface area (Å²) in [6.45, 7) is 4.94. The summed E-state index contributed by atoms with van der Waals surface area (Å²) in [5.41, 5.74) is 7.31. The molecule has 2 aromatic rings. The second kappa shape index (κ2) is 4.57. The van der Waals surface area contributed by atoms with E-state index in [-0.39, 0.29) is 0 Å². The number of hydrogen-bond donors (Lipinski definition) is 2. The number of halogens is 1. The van der Waals surface area contributed by atoms with Gasteiger partial charge in [-0.2, -0.15) is 5.10 Å². The van der Waals surface area contributed by atoms with Crippen molar-refractivity contribution in [3.05, 3.63) is 29.5 Å². The minimum Gasteiger partial charge on any atom is -0.496 e. The van der Waals surface area contributed by atoms with Crippen LogP contribution in [0.5, 0.6) is 5.75 Å². The summed E-state index contributed by atoms with van der Waals surface area (Å²) in [6.07, 6.45) is 1.62. The number of nitrogen functional groups attached to an aromatic ring is 1. The number of nitrogens with one attached hydrogen (secondary N) is 1. The van der Waals surface area contributed by atoms with Crippen LogP contribution in [0, 0.1) is 6.92 Å². The quantitative estimate of drug-likeness (QED) is 0.894. The number of ether oxygens (including phenoxy) is 1. The third kappa shape index (κ3) is 2.28. The summed E-state index contributed by atoms with van der Waals surface area (Å²) in [4.78, 5) is 0. The number of nitrogens with zero attached hydrogens (tertiary/aromatic N) is 1. The molecule has 0 atom stereocenters. The van der Waals surface area contributed by atoms with Crippen LogP contribution in [-0.4, -0.2) is 17.3 Å². The van der Waals surface area contributed by atoms with Crippen molar-refractivity contribution in [3.63, 3.8) is 0 Å². The highest BCUT2D eigenvalue weighted by Gasteiger charge is 2.27. The Morgan fingerprint density at radius 3 is 2.53 bits per heavy atom.